The summed E-state index contributed by atoms with van der Waals surface area (Å²) in [5.41, 5.74) is 5.36. The topological polar surface area (TPSA) is 88.4 Å². The van der Waals surface area contributed by atoms with Gasteiger partial charge in [0.1, 0.15) is 17.3 Å². The number of nitrogens with one attached hydrogen (secondary N) is 2. The lowest BCUT2D eigenvalue weighted by molar-refractivity contribution is 0.0844. The van der Waals surface area contributed by atoms with Crippen LogP contribution in [0.25, 0.3) is 0 Å². The van der Waals surface area contributed by atoms with Gasteiger partial charge >= 0.3 is 0 Å². The molecule has 0 unspecified atom stereocenters. The number of ketones is 1. The summed E-state index contributed by atoms with van der Waals surface area (Å²) in [5.74, 6) is -1.09. The number of rotatable bonds is 4. The zero-order chi connectivity index (χ0) is 20.3. The Balaban J connectivity index is 1.77. The molecule has 142 valence electrons. The molecule has 0 bridgehead atoms. The smallest absolute Gasteiger partial charge is 0.273 e. The van der Waals surface area contributed by atoms with E-state index in [1.807, 2.05) is 0 Å². The van der Waals surface area contributed by atoms with E-state index in [9.17, 15) is 18.8 Å². The normalized spacial score (nSPS) is 10.4. The maximum atomic E-state index is 13.1. The van der Waals surface area contributed by atoms with Crippen LogP contribution in [0, 0.1) is 19.7 Å². The molecule has 3 aromatic rings. The van der Waals surface area contributed by atoms with Crippen molar-refractivity contribution in [1.29, 1.82) is 0 Å². The number of hydrazine groups is 1. The van der Waals surface area contributed by atoms with Crippen LogP contribution in [0.1, 0.15) is 48.2 Å². The largest absolute Gasteiger partial charge is 0.466 e. The average molecular weight is 380 g/mol. The van der Waals surface area contributed by atoms with Gasteiger partial charge in [-0.2, -0.15) is 0 Å². The van der Waals surface area contributed by atoms with Gasteiger partial charge in [0.2, 0.25) is 0 Å². The van der Waals surface area contributed by atoms with Crippen molar-refractivity contribution in [3.63, 3.8) is 0 Å². The Kier molecular flexibility index (Phi) is 5.35. The molecule has 0 saturated carbocycles. The summed E-state index contributed by atoms with van der Waals surface area (Å²) in [6.45, 7) is 3.35. The molecule has 0 atom stereocenters. The highest BCUT2D eigenvalue weighted by Gasteiger charge is 2.19. The van der Waals surface area contributed by atoms with Gasteiger partial charge in [-0.1, -0.05) is 18.2 Å². The fraction of sp³-hybridized carbons (Fsp3) is 0.0952. The van der Waals surface area contributed by atoms with Crippen molar-refractivity contribution in [2.75, 3.05) is 0 Å². The van der Waals surface area contributed by atoms with Gasteiger partial charge in [0.25, 0.3) is 11.8 Å². The Bertz CT molecular complexity index is 1050. The number of halogens is 1. The third kappa shape index (κ3) is 3.98. The van der Waals surface area contributed by atoms with Crippen LogP contribution >= 0.6 is 0 Å². The first kappa shape index (κ1) is 19.0. The van der Waals surface area contributed by atoms with E-state index in [1.165, 1.54) is 36.4 Å². The number of carbonyl (C=O) groups excluding carboxylic acids is 3. The van der Waals surface area contributed by atoms with Gasteiger partial charge < -0.3 is 4.42 Å². The Labute approximate surface area is 160 Å². The molecule has 28 heavy (non-hydrogen) atoms. The van der Waals surface area contributed by atoms with Gasteiger partial charge in [-0.15, -0.1) is 0 Å². The molecular weight excluding hydrogens is 363 g/mol. The van der Waals surface area contributed by atoms with Crippen molar-refractivity contribution in [3.8, 4) is 0 Å². The molecule has 0 saturated heterocycles. The summed E-state index contributed by atoms with van der Waals surface area (Å²) in [6, 6.07) is 12.8. The third-order valence-electron chi connectivity index (χ3n) is 4.10. The maximum Gasteiger partial charge on any atom is 0.273 e. The summed E-state index contributed by atoms with van der Waals surface area (Å²) in [4.78, 5) is 37.4. The lowest BCUT2D eigenvalue weighted by atomic mass is 9.98. The number of hydrogen-bond donors (Lipinski definition) is 2. The summed E-state index contributed by atoms with van der Waals surface area (Å²) in [7, 11) is 0. The van der Waals surface area contributed by atoms with Crippen LogP contribution in [-0.4, -0.2) is 17.6 Å². The van der Waals surface area contributed by atoms with Crippen molar-refractivity contribution in [1.82, 2.24) is 10.9 Å². The van der Waals surface area contributed by atoms with Crippen molar-refractivity contribution >= 4 is 17.6 Å². The quantitative estimate of drug-likeness (QED) is 0.537. The molecule has 0 fully saturated rings. The predicted molar refractivity (Wildman–Crippen MR) is 99.4 cm³/mol. The fourth-order valence-electron chi connectivity index (χ4n) is 2.74. The first-order chi connectivity index (χ1) is 13.4. The van der Waals surface area contributed by atoms with Crippen LogP contribution in [0.3, 0.4) is 0 Å². The SMILES string of the molecule is Cc1cc(C(=O)NNC(=O)c2ccccc2C(=O)c2ccc(F)cc2)c(C)o1. The molecule has 0 aliphatic heterocycles. The number of hydrogen-bond acceptors (Lipinski definition) is 4. The highest BCUT2D eigenvalue weighted by molar-refractivity contribution is 6.15. The molecule has 0 radical (unpaired) electrons. The number of carbonyl (C=O) groups is 3. The average Bonchev–Trinajstić information content (AvgIpc) is 3.04. The van der Waals surface area contributed by atoms with Crippen molar-refractivity contribution in [3.05, 3.63) is 94.2 Å². The summed E-state index contributed by atoms with van der Waals surface area (Å²) < 4.78 is 18.4. The molecule has 3 rings (SSSR count). The van der Waals surface area contributed by atoms with E-state index in [2.05, 4.69) is 10.9 Å². The van der Waals surface area contributed by atoms with Crippen molar-refractivity contribution < 1.29 is 23.2 Å². The molecule has 6 nitrogen and oxygen atoms in total. The van der Waals surface area contributed by atoms with Gasteiger partial charge in [0.05, 0.1) is 11.1 Å². The molecule has 2 N–H and O–H groups in total. The molecule has 1 heterocycles. The molecule has 2 amide bonds. The summed E-state index contributed by atoms with van der Waals surface area (Å²) in [5, 5.41) is 0. The molecular formula is C21H17FN2O4. The number of benzene rings is 2. The second-order valence-corrected chi connectivity index (χ2v) is 6.12. The van der Waals surface area contributed by atoms with Crippen LogP contribution in [0.5, 0.6) is 0 Å². The molecule has 0 aliphatic carbocycles. The van der Waals surface area contributed by atoms with Gasteiger partial charge in [0, 0.05) is 11.1 Å². The van der Waals surface area contributed by atoms with Crippen LogP contribution in [0.4, 0.5) is 4.39 Å². The third-order valence-corrected chi connectivity index (χ3v) is 4.10. The Morgan fingerprint density at radius 2 is 1.39 bits per heavy atom. The minimum atomic E-state index is -0.655. The van der Waals surface area contributed by atoms with Crippen LogP contribution in [0.2, 0.25) is 0 Å². The summed E-state index contributed by atoms with van der Waals surface area (Å²) in [6.07, 6.45) is 0. The standard InChI is InChI=1S/C21H17FN2O4/c1-12-11-18(13(2)28-12)21(27)24-23-20(26)17-6-4-3-5-16(17)19(25)14-7-9-15(22)10-8-14/h3-11H,1-2H3,(H,23,26)(H,24,27). The van der Waals surface area contributed by atoms with E-state index in [0.29, 0.717) is 17.1 Å². The second-order valence-electron chi connectivity index (χ2n) is 6.12. The van der Waals surface area contributed by atoms with Crippen LogP contribution in [-0.2, 0) is 0 Å². The molecule has 2 aromatic carbocycles. The highest BCUT2D eigenvalue weighted by atomic mass is 19.1. The van der Waals surface area contributed by atoms with Crippen LogP contribution in [0.15, 0.2) is 59.0 Å². The Morgan fingerprint density at radius 1 is 0.821 bits per heavy atom. The van der Waals surface area contributed by atoms with Gasteiger partial charge in [-0.05, 0) is 50.2 Å². The molecule has 1 aromatic heterocycles. The lowest BCUT2D eigenvalue weighted by Gasteiger charge is -2.10. The first-order valence-corrected chi connectivity index (χ1v) is 8.44. The molecule has 7 heteroatoms. The van der Waals surface area contributed by atoms with Gasteiger partial charge in [-0.25, -0.2) is 4.39 Å². The number of amides is 2. The monoisotopic (exact) mass is 380 g/mol. The van der Waals surface area contributed by atoms with Gasteiger partial charge in [-0.3, -0.25) is 25.2 Å². The minimum absolute atomic E-state index is 0.0808. The highest BCUT2D eigenvalue weighted by Crippen LogP contribution is 2.16. The van der Waals surface area contributed by atoms with E-state index < -0.39 is 23.4 Å². The zero-order valence-corrected chi connectivity index (χ0v) is 15.2. The number of furan rings is 1. The number of aryl methyl sites for hydroxylation is 2. The minimum Gasteiger partial charge on any atom is -0.466 e. The van der Waals surface area contributed by atoms with E-state index in [-0.39, 0.29) is 16.7 Å². The Morgan fingerprint density at radius 3 is 1.96 bits per heavy atom. The zero-order valence-electron chi connectivity index (χ0n) is 15.2. The molecule has 0 spiro atoms. The van der Waals surface area contributed by atoms with E-state index in [1.54, 1.807) is 32.0 Å². The van der Waals surface area contributed by atoms with Crippen molar-refractivity contribution in [2.24, 2.45) is 0 Å². The van der Waals surface area contributed by atoms with Gasteiger partial charge in [0.15, 0.2) is 5.78 Å². The lowest BCUT2D eigenvalue weighted by Crippen LogP contribution is -2.42. The maximum absolute atomic E-state index is 13.1. The van der Waals surface area contributed by atoms with E-state index in [4.69, 9.17) is 4.42 Å². The summed E-state index contributed by atoms with van der Waals surface area (Å²) >= 11 is 0. The fourth-order valence-corrected chi connectivity index (χ4v) is 2.74. The van der Waals surface area contributed by atoms with E-state index in [0.717, 1.165) is 0 Å². The van der Waals surface area contributed by atoms with E-state index >= 15 is 0 Å². The Hall–Kier alpha value is -3.74. The van der Waals surface area contributed by atoms with Crippen LogP contribution < -0.4 is 10.9 Å². The first-order valence-electron chi connectivity index (χ1n) is 8.44. The second kappa shape index (κ2) is 7.87. The molecule has 0 aliphatic rings. The van der Waals surface area contributed by atoms with Crippen molar-refractivity contribution in [2.45, 2.75) is 13.8 Å². The predicted octanol–water partition coefficient (Wildman–Crippen LogP) is 3.34.